The molecule has 0 aliphatic carbocycles. The predicted molar refractivity (Wildman–Crippen MR) is 428 cm³/mol. The van der Waals surface area contributed by atoms with Gasteiger partial charge in [-0.15, -0.1) is 0 Å². The van der Waals surface area contributed by atoms with Crippen LogP contribution in [0.3, 0.4) is 0 Å². The molecule has 0 fully saturated rings. The second kappa shape index (κ2) is 39.4. The minimum absolute atomic E-state index is 0.0623. The summed E-state index contributed by atoms with van der Waals surface area (Å²) >= 11 is 0. The smallest absolute Gasteiger partial charge is 0.414 e. The van der Waals surface area contributed by atoms with E-state index < -0.39 is 110 Å². The van der Waals surface area contributed by atoms with E-state index in [2.05, 4.69) is 5.32 Å². The van der Waals surface area contributed by atoms with E-state index in [0.29, 0.717) is 111 Å². The van der Waals surface area contributed by atoms with E-state index in [9.17, 15) is 88.2 Å². The number of ketones is 6. The molecule has 3 amide bonds. The van der Waals surface area contributed by atoms with Gasteiger partial charge in [0.25, 0.3) is 0 Å². The van der Waals surface area contributed by atoms with Crippen molar-refractivity contribution in [3.05, 3.63) is 233 Å². The number of carbonyl (C=O) groups is 9. The van der Waals surface area contributed by atoms with Crippen molar-refractivity contribution in [3.63, 3.8) is 0 Å². The summed E-state index contributed by atoms with van der Waals surface area (Å²) in [6, 6.07) is 37.1. The lowest BCUT2D eigenvalue weighted by molar-refractivity contribution is 0.0487. The molecule has 7 aromatic rings. The summed E-state index contributed by atoms with van der Waals surface area (Å²) in [6.45, 7) is 16.3. The molecule has 27 heteroatoms. The number of ether oxygens (including phenoxy) is 3. The number of carbonyl (C=O) groups excluding carboxylic acids is 9. The zero-order valence-electron chi connectivity index (χ0n) is 67.1. The van der Waals surface area contributed by atoms with Crippen LogP contribution in [-0.4, -0.2) is 151 Å². The van der Waals surface area contributed by atoms with Crippen LogP contribution in [0.4, 0.5) is 25.8 Å². The maximum absolute atomic E-state index is 14.5. The molecule has 7 rings (SSSR count). The maximum atomic E-state index is 14.5. The third kappa shape index (κ3) is 25.7. The molecule has 6 aromatic carbocycles. The van der Waals surface area contributed by atoms with Crippen LogP contribution in [0.2, 0.25) is 0 Å². The molecule has 0 aliphatic rings. The molecule has 0 aliphatic heterocycles. The van der Waals surface area contributed by atoms with E-state index in [-0.39, 0.29) is 85.9 Å². The third-order valence-electron chi connectivity index (χ3n) is 19.0. The Morgan fingerprint density at radius 3 is 0.833 bits per heavy atom. The fourth-order valence-electron chi connectivity index (χ4n) is 12.4. The Morgan fingerprint density at radius 2 is 0.570 bits per heavy atom. The van der Waals surface area contributed by atoms with E-state index in [1.807, 2.05) is 0 Å². The number of Topliss-reactive ketones (excluding diaryl/α,β-unsaturated/α-hetero) is 6. The monoisotopic (exact) mass is 1570 g/mol. The average molecular weight is 1570 g/mol. The van der Waals surface area contributed by atoms with Gasteiger partial charge < -0.3 is 50.2 Å². The van der Waals surface area contributed by atoms with E-state index in [4.69, 9.17) is 14.2 Å². The Hall–Kier alpha value is -10.7. The van der Waals surface area contributed by atoms with Crippen molar-refractivity contribution in [1.82, 2.24) is 19.0 Å². The van der Waals surface area contributed by atoms with Gasteiger partial charge in [-0.25, -0.2) is 42.5 Å². The number of nitrogens with one attached hydrogen (secondary N) is 1. The summed E-state index contributed by atoms with van der Waals surface area (Å²) in [7, 11) is 0. The normalized spacial score (nSPS) is 12.1. The lowest BCUT2D eigenvalue weighted by Gasteiger charge is -2.23. The number of aliphatic hydroxyl groups is 6. The van der Waals surface area contributed by atoms with Crippen LogP contribution in [0.1, 0.15) is 251 Å². The predicted octanol–water partition coefficient (Wildman–Crippen LogP) is 11.8. The van der Waals surface area contributed by atoms with Crippen molar-refractivity contribution in [2.24, 2.45) is 0 Å². The van der Waals surface area contributed by atoms with E-state index in [1.54, 1.807) is 72.8 Å². The molecule has 0 saturated heterocycles. The topological polar surface area (TPSA) is 387 Å². The van der Waals surface area contributed by atoms with Gasteiger partial charge in [0.2, 0.25) is 0 Å². The van der Waals surface area contributed by atoms with Crippen LogP contribution in [-0.2, 0) is 47.1 Å². The van der Waals surface area contributed by atoms with E-state index >= 15 is 0 Å². The molecule has 0 saturated carbocycles. The van der Waals surface area contributed by atoms with Crippen LogP contribution < -0.4 is 32.2 Å². The van der Waals surface area contributed by atoms with Crippen molar-refractivity contribution >= 4 is 64.4 Å². The average Bonchev–Trinajstić information content (AvgIpc) is 0.787. The highest BCUT2D eigenvalue weighted by molar-refractivity contribution is 6.05. The molecule has 7 N–H and O–H groups in total. The molecular weight excluding hydrogens is 1460 g/mol. The molecule has 0 spiro atoms. The van der Waals surface area contributed by atoms with Gasteiger partial charge in [0.1, 0.15) is 46.8 Å². The number of anilines is 2. The molecule has 612 valence electrons. The lowest BCUT2D eigenvalue weighted by atomic mass is 9.92. The molecule has 114 heavy (non-hydrogen) atoms. The molecule has 0 radical (unpaired) electrons. The molecular formula is C87H108N6O21. The Morgan fingerprint density at radius 1 is 0.333 bits per heavy atom. The van der Waals surface area contributed by atoms with Crippen molar-refractivity contribution in [2.45, 2.75) is 233 Å². The second-order valence-electron chi connectivity index (χ2n) is 31.7. The van der Waals surface area contributed by atoms with E-state index in [1.165, 1.54) is 166 Å². The van der Waals surface area contributed by atoms with Gasteiger partial charge in [-0.2, -0.15) is 0 Å². The molecule has 0 bridgehead atoms. The minimum Gasteiger partial charge on any atom is -0.444 e. The standard InChI is InChI=1S/C87H108N6O21/c1-82(2,106)70(94)61-29-25-57(26-30-61)55-112-80(104)89(67-45-41-65(42-46-67)74(98)86(9,10)110)50-20-15-17-23-53-92-77(101)91(52-22-14-13-19-49-88-76(100)114-69(59-33-37-63(38-34-59)72(96)84(5,6)108)60-35-39-64(40-36-60)73(97)85(7,8)109)78(102)93(79(92)103)54-24-18-16-21-51-90(68-47-43-66(44-48-68)75(99)87(11,12)111)81(105)113-56-58-27-31-62(32-28-58)71(95)83(3,4)107/h25-48,69,106-111H,13-24,49-56H2,1-12H3,(H,88,100). The maximum Gasteiger partial charge on any atom is 0.414 e. The number of amides is 3. The zero-order valence-corrected chi connectivity index (χ0v) is 67.1. The molecule has 1 aromatic heterocycles. The SMILES string of the molecule is CC(C)(O)C(=O)c1ccc(COC(=O)N(CCCCCCn2c(=O)n(CCCCCCNC(=O)OC(c3ccc(C(=O)C(C)(C)O)cc3)c3ccc(C(=O)C(C)(C)O)cc3)c(=O)n(CCCCCCN(C(=O)OCc3ccc(C(=O)C(C)(C)O)cc3)c3ccc(C(=O)C(C)(C)O)cc3)c2=O)c2ccc(C(=O)C(C)(C)O)cc2)cc1. The highest BCUT2D eigenvalue weighted by atomic mass is 16.6. The van der Waals surface area contributed by atoms with E-state index in [0.717, 1.165) is 13.7 Å². The molecule has 0 unspecified atom stereocenters. The largest absolute Gasteiger partial charge is 0.444 e. The van der Waals surface area contributed by atoms with Crippen LogP contribution in [0, 0.1) is 0 Å². The fourth-order valence-corrected chi connectivity index (χ4v) is 12.4. The quantitative estimate of drug-likeness (QED) is 0.0106. The van der Waals surface area contributed by atoms with Gasteiger partial charge in [-0.05, 0) is 192 Å². The van der Waals surface area contributed by atoms with Gasteiger partial charge in [-0.3, -0.25) is 38.6 Å². The molecule has 27 nitrogen and oxygen atoms in total. The first-order valence-corrected chi connectivity index (χ1v) is 38.3. The Kier molecular flexibility index (Phi) is 31.3. The Balaban J connectivity index is 1.04. The number of hydrogen-bond acceptors (Lipinski definition) is 21. The van der Waals surface area contributed by atoms with Gasteiger partial charge in [0.05, 0.1) is 0 Å². The summed E-state index contributed by atoms with van der Waals surface area (Å²) in [4.78, 5) is 164. The van der Waals surface area contributed by atoms with Crippen LogP contribution in [0.25, 0.3) is 0 Å². The van der Waals surface area contributed by atoms with Crippen molar-refractivity contribution in [2.75, 3.05) is 29.4 Å². The number of nitrogens with zero attached hydrogens (tertiary/aromatic N) is 5. The summed E-state index contributed by atoms with van der Waals surface area (Å²) in [6.07, 6.45) is 1.77. The van der Waals surface area contributed by atoms with Crippen LogP contribution in [0.15, 0.2) is 160 Å². The Labute approximate surface area is 663 Å². The van der Waals surface area contributed by atoms with Crippen molar-refractivity contribution < 1.29 is 88.0 Å². The first-order chi connectivity index (χ1) is 53.4. The third-order valence-corrected chi connectivity index (χ3v) is 19.0. The summed E-state index contributed by atoms with van der Waals surface area (Å²) in [5, 5.41) is 64.8. The number of alkyl carbamates (subject to hydrolysis) is 1. The van der Waals surface area contributed by atoms with Crippen molar-refractivity contribution in [3.8, 4) is 0 Å². The molecule has 1 heterocycles. The van der Waals surface area contributed by atoms with Gasteiger partial charge >= 0.3 is 35.3 Å². The number of unbranched alkanes of at least 4 members (excludes halogenated alkanes) is 9. The minimum atomic E-state index is -1.66. The summed E-state index contributed by atoms with van der Waals surface area (Å²) in [5.41, 5.74) is -8.02. The highest BCUT2D eigenvalue weighted by Gasteiger charge is 2.32. The number of rotatable bonds is 42. The summed E-state index contributed by atoms with van der Waals surface area (Å²) in [5.74, 6) is -3.09. The van der Waals surface area contributed by atoms with Gasteiger partial charge in [-0.1, -0.05) is 136 Å². The Bertz CT molecular complexity index is 4420. The van der Waals surface area contributed by atoms with Crippen LogP contribution in [0.5, 0.6) is 0 Å². The summed E-state index contributed by atoms with van der Waals surface area (Å²) < 4.78 is 20.6. The molecule has 0 atom stereocenters. The van der Waals surface area contributed by atoms with Crippen molar-refractivity contribution in [1.29, 1.82) is 0 Å². The number of aromatic nitrogens is 3. The first kappa shape index (κ1) is 90.5. The second-order valence-corrected chi connectivity index (χ2v) is 31.7. The van der Waals surface area contributed by atoms with Gasteiger partial charge in [0, 0.05) is 84.0 Å². The zero-order chi connectivity index (χ0) is 84.3. The highest BCUT2D eigenvalue weighted by Crippen LogP contribution is 2.30. The first-order valence-electron chi connectivity index (χ1n) is 38.3. The lowest BCUT2D eigenvalue weighted by Crippen LogP contribution is -2.54. The number of hydrogen-bond donors (Lipinski definition) is 7. The van der Waals surface area contributed by atoms with Gasteiger partial charge in [0.15, 0.2) is 40.8 Å². The fraction of sp³-hybridized carbons (Fsp3) is 0.448. The van der Waals surface area contributed by atoms with Crippen LogP contribution >= 0.6 is 0 Å². The number of benzene rings is 6.